The van der Waals surface area contributed by atoms with Crippen molar-refractivity contribution in [3.8, 4) is 5.75 Å². The number of nitrogens with zero attached hydrogens (tertiary/aromatic N) is 2. The molecule has 5 heteroatoms. The van der Waals surface area contributed by atoms with Crippen LogP contribution in [0.3, 0.4) is 0 Å². The van der Waals surface area contributed by atoms with Gasteiger partial charge in [-0.3, -0.25) is 10.1 Å². The maximum absolute atomic E-state index is 12.2. The number of nitro groups is 1. The molecule has 0 aliphatic rings. The molecular weight excluding hydrogens is 400 g/mol. The molecule has 0 aliphatic carbocycles. The van der Waals surface area contributed by atoms with Crippen LogP contribution in [0.4, 0.5) is 5.69 Å². The first-order valence-electron chi connectivity index (χ1n) is 10.3. The lowest BCUT2D eigenvalue weighted by Gasteiger charge is -2.11. The standard InChI is InChI=1S/C27H17N2O3/c30-29(31)26-21-12-4-1-9-19(21)17-24-23(26)16-20-10-2-5-13-22(20)27(24)32-28-15-7-11-18-8-3-6-14-25(18)28/h1-17H/q+1. The maximum atomic E-state index is 12.2. The van der Waals surface area contributed by atoms with Gasteiger partial charge in [0.05, 0.1) is 21.1 Å². The lowest BCUT2D eigenvalue weighted by Crippen LogP contribution is -2.40. The minimum Gasteiger partial charge on any atom is -0.258 e. The molecule has 0 bridgehead atoms. The largest absolute Gasteiger partial charge is 0.285 e. The molecule has 6 aromatic rings. The Morgan fingerprint density at radius 2 is 1.25 bits per heavy atom. The molecule has 0 radical (unpaired) electrons. The highest BCUT2D eigenvalue weighted by Gasteiger charge is 2.24. The minimum absolute atomic E-state index is 0.0941. The highest BCUT2D eigenvalue weighted by atomic mass is 16.7. The average molecular weight is 417 g/mol. The number of rotatable bonds is 3. The van der Waals surface area contributed by atoms with Gasteiger partial charge in [0.1, 0.15) is 0 Å². The van der Waals surface area contributed by atoms with Gasteiger partial charge in [-0.25, -0.2) is 4.84 Å². The monoisotopic (exact) mass is 417 g/mol. The highest BCUT2D eigenvalue weighted by Crippen LogP contribution is 2.42. The molecule has 0 aliphatic heterocycles. The molecular formula is C27H17N2O3+. The van der Waals surface area contributed by atoms with Crippen LogP contribution >= 0.6 is 0 Å². The molecule has 0 N–H and O–H groups in total. The van der Waals surface area contributed by atoms with Gasteiger partial charge in [0.15, 0.2) is 0 Å². The molecule has 0 unspecified atom stereocenters. The van der Waals surface area contributed by atoms with Gasteiger partial charge in [0.25, 0.3) is 11.2 Å². The first-order chi connectivity index (χ1) is 15.7. The van der Waals surface area contributed by atoms with Crippen molar-refractivity contribution in [2.24, 2.45) is 0 Å². The molecule has 0 amide bonds. The summed E-state index contributed by atoms with van der Waals surface area (Å²) >= 11 is 0. The maximum Gasteiger partial charge on any atom is 0.285 e. The van der Waals surface area contributed by atoms with Crippen LogP contribution in [0.25, 0.3) is 43.2 Å². The van der Waals surface area contributed by atoms with E-state index in [0.717, 1.165) is 27.1 Å². The van der Waals surface area contributed by atoms with Gasteiger partial charge in [-0.15, -0.1) is 0 Å². The number of fused-ring (bicyclic) bond motifs is 4. The predicted octanol–water partition coefficient (Wildman–Crippen LogP) is 6.34. The summed E-state index contributed by atoms with van der Waals surface area (Å²) in [5.41, 5.74) is 1.00. The summed E-state index contributed by atoms with van der Waals surface area (Å²) in [5.74, 6) is 0.591. The Bertz CT molecular complexity index is 1690. The van der Waals surface area contributed by atoms with E-state index in [1.165, 1.54) is 0 Å². The molecule has 1 aromatic heterocycles. The molecule has 0 fully saturated rings. The van der Waals surface area contributed by atoms with E-state index >= 15 is 0 Å². The smallest absolute Gasteiger partial charge is 0.258 e. The topological polar surface area (TPSA) is 56.3 Å². The van der Waals surface area contributed by atoms with Gasteiger partial charge in [0, 0.05) is 27.6 Å². The minimum atomic E-state index is -0.297. The number of benzene rings is 5. The third-order valence-corrected chi connectivity index (χ3v) is 5.85. The second kappa shape index (κ2) is 7.03. The van der Waals surface area contributed by atoms with E-state index in [4.69, 9.17) is 4.84 Å². The third-order valence-electron chi connectivity index (χ3n) is 5.85. The molecule has 0 saturated heterocycles. The average Bonchev–Trinajstić information content (AvgIpc) is 2.82. The summed E-state index contributed by atoms with van der Waals surface area (Å²) in [6.07, 6.45) is 1.85. The molecule has 6 rings (SSSR count). The number of pyridine rings is 1. The quantitative estimate of drug-likeness (QED) is 0.146. The van der Waals surface area contributed by atoms with Crippen molar-refractivity contribution < 1.29 is 14.5 Å². The highest BCUT2D eigenvalue weighted by molar-refractivity contribution is 6.15. The van der Waals surface area contributed by atoms with Gasteiger partial charge < -0.3 is 0 Å². The second-order valence-electron chi connectivity index (χ2n) is 7.71. The van der Waals surface area contributed by atoms with Crippen LogP contribution in [0.5, 0.6) is 5.75 Å². The summed E-state index contributed by atoms with van der Waals surface area (Å²) < 4.78 is 1.72. The van der Waals surface area contributed by atoms with Crippen molar-refractivity contribution in [2.45, 2.75) is 0 Å². The summed E-state index contributed by atoms with van der Waals surface area (Å²) in [7, 11) is 0. The number of hydrogen-bond acceptors (Lipinski definition) is 3. The van der Waals surface area contributed by atoms with Gasteiger partial charge in [-0.05, 0) is 41.1 Å². The van der Waals surface area contributed by atoms with E-state index in [2.05, 4.69) is 0 Å². The van der Waals surface area contributed by atoms with E-state index in [0.29, 0.717) is 21.9 Å². The Morgan fingerprint density at radius 1 is 0.656 bits per heavy atom. The Morgan fingerprint density at radius 3 is 2.03 bits per heavy atom. The van der Waals surface area contributed by atoms with Crippen molar-refractivity contribution in [2.75, 3.05) is 0 Å². The van der Waals surface area contributed by atoms with Crippen molar-refractivity contribution in [1.82, 2.24) is 0 Å². The molecule has 0 atom stereocenters. The zero-order chi connectivity index (χ0) is 21.7. The summed E-state index contributed by atoms with van der Waals surface area (Å²) in [5, 5.41) is 17.7. The normalized spacial score (nSPS) is 11.4. The van der Waals surface area contributed by atoms with E-state index in [1.54, 1.807) is 10.8 Å². The number of nitro benzene ring substituents is 1. The Balaban J connectivity index is 1.75. The fraction of sp³-hybridized carbons (Fsp3) is 0. The number of para-hydroxylation sites is 1. The molecule has 0 spiro atoms. The zero-order valence-electron chi connectivity index (χ0n) is 16.9. The third kappa shape index (κ3) is 2.76. The Kier molecular flexibility index (Phi) is 4.01. The number of hydrogen-bond donors (Lipinski definition) is 0. The molecule has 0 saturated carbocycles. The molecule has 32 heavy (non-hydrogen) atoms. The van der Waals surface area contributed by atoms with Crippen LogP contribution < -0.4 is 9.57 Å². The fourth-order valence-electron chi connectivity index (χ4n) is 4.42. The summed E-state index contributed by atoms with van der Waals surface area (Å²) in [6.45, 7) is 0. The Hall–Kier alpha value is -4.51. The first-order valence-corrected chi connectivity index (χ1v) is 10.3. The van der Waals surface area contributed by atoms with Gasteiger partial charge >= 0.3 is 0 Å². The SMILES string of the molecule is O=[N+]([O-])c1c2ccccc2cc2c(O[n+]3cccc4ccccc43)c3ccccc3cc12. The van der Waals surface area contributed by atoms with E-state index in [1.807, 2.05) is 97.2 Å². The van der Waals surface area contributed by atoms with Crippen molar-refractivity contribution in [3.63, 3.8) is 0 Å². The molecule has 5 aromatic carbocycles. The van der Waals surface area contributed by atoms with Crippen LogP contribution in [0.1, 0.15) is 0 Å². The van der Waals surface area contributed by atoms with Crippen LogP contribution in [-0.2, 0) is 0 Å². The summed E-state index contributed by atoms with van der Waals surface area (Å²) in [4.78, 5) is 18.4. The molecule has 152 valence electrons. The van der Waals surface area contributed by atoms with Crippen LogP contribution in [0.2, 0.25) is 0 Å². The second-order valence-corrected chi connectivity index (χ2v) is 7.71. The van der Waals surface area contributed by atoms with Crippen molar-refractivity contribution >= 4 is 48.9 Å². The van der Waals surface area contributed by atoms with Gasteiger partial charge in [0.2, 0.25) is 11.9 Å². The van der Waals surface area contributed by atoms with Gasteiger partial charge in [-0.1, -0.05) is 54.6 Å². The van der Waals surface area contributed by atoms with Crippen molar-refractivity contribution in [3.05, 3.63) is 113 Å². The van der Waals surface area contributed by atoms with Crippen molar-refractivity contribution in [1.29, 1.82) is 0 Å². The van der Waals surface area contributed by atoms with Crippen LogP contribution in [0, 0.1) is 10.1 Å². The van der Waals surface area contributed by atoms with E-state index in [-0.39, 0.29) is 10.6 Å². The molecule has 1 heterocycles. The number of non-ortho nitro benzene ring substituents is 1. The lowest BCUT2D eigenvalue weighted by molar-refractivity contribution is -0.853. The lowest BCUT2D eigenvalue weighted by atomic mass is 9.97. The Labute approximate surface area is 182 Å². The van der Waals surface area contributed by atoms with E-state index < -0.39 is 0 Å². The number of aromatic nitrogens is 1. The first kappa shape index (κ1) is 18.3. The fourth-order valence-corrected chi connectivity index (χ4v) is 4.42. The molecule has 5 nitrogen and oxygen atoms in total. The van der Waals surface area contributed by atoms with E-state index in [9.17, 15) is 10.1 Å². The van der Waals surface area contributed by atoms with Gasteiger partial charge in [-0.2, -0.15) is 0 Å². The predicted molar refractivity (Wildman–Crippen MR) is 126 cm³/mol. The van der Waals surface area contributed by atoms with Crippen LogP contribution in [0.15, 0.2) is 103 Å². The zero-order valence-corrected chi connectivity index (χ0v) is 16.9. The van der Waals surface area contributed by atoms with Crippen LogP contribution in [-0.4, -0.2) is 4.92 Å². The summed E-state index contributed by atoms with van der Waals surface area (Å²) in [6, 6.07) is 31.0.